The first-order chi connectivity index (χ1) is 16.1. The van der Waals surface area contributed by atoms with E-state index in [0.717, 1.165) is 33.9 Å². The van der Waals surface area contributed by atoms with E-state index in [4.69, 9.17) is 9.52 Å². The largest absolute Gasteiger partial charge is 0.411 e. The molecule has 0 radical (unpaired) electrons. The van der Waals surface area contributed by atoms with Gasteiger partial charge >= 0.3 is 11.8 Å². The Bertz CT molecular complexity index is 1500. The van der Waals surface area contributed by atoms with E-state index >= 15 is 0 Å². The van der Waals surface area contributed by atoms with Gasteiger partial charge in [-0.25, -0.2) is 14.5 Å². The molecule has 0 spiro atoms. The Morgan fingerprint density at radius 3 is 2.94 bits per heavy atom. The van der Waals surface area contributed by atoms with Crippen molar-refractivity contribution in [2.24, 2.45) is 0 Å². The van der Waals surface area contributed by atoms with Gasteiger partial charge in [-0.3, -0.25) is 4.79 Å². The van der Waals surface area contributed by atoms with E-state index in [2.05, 4.69) is 25.1 Å². The second kappa shape index (κ2) is 7.37. The van der Waals surface area contributed by atoms with Crippen LogP contribution in [-0.2, 0) is 6.42 Å². The van der Waals surface area contributed by atoms with Crippen molar-refractivity contribution in [3.8, 4) is 11.6 Å². The molecule has 1 N–H and O–H groups in total. The maximum atomic E-state index is 13.5. The van der Waals surface area contributed by atoms with Crippen molar-refractivity contribution < 1.29 is 9.21 Å². The van der Waals surface area contributed by atoms with Gasteiger partial charge in [0.05, 0.1) is 23.2 Å². The number of H-pyrrole nitrogens is 1. The van der Waals surface area contributed by atoms with Crippen molar-refractivity contribution in [1.29, 1.82) is 0 Å². The van der Waals surface area contributed by atoms with Gasteiger partial charge in [-0.05, 0) is 43.7 Å². The van der Waals surface area contributed by atoms with Crippen molar-refractivity contribution >= 4 is 11.4 Å². The van der Waals surface area contributed by atoms with E-state index in [9.17, 15) is 4.79 Å². The number of aryl methyl sites for hydroxylation is 2. The molecule has 0 aromatic carbocycles. The van der Waals surface area contributed by atoms with Crippen LogP contribution in [0.3, 0.4) is 0 Å². The Morgan fingerprint density at radius 2 is 2.09 bits per heavy atom. The summed E-state index contributed by atoms with van der Waals surface area (Å²) in [5.74, 6) is -0.245. The molecular formula is C23H20N8O2. The Kier molecular flexibility index (Phi) is 4.32. The van der Waals surface area contributed by atoms with Crippen molar-refractivity contribution in [2.75, 3.05) is 6.54 Å². The summed E-state index contributed by atoms with van der Waals surface area (Å²) in [6, 6.07) is 11.0. The minimum Gasteiger partial charge on any atom is -0.411 e. The van der Waals surface area contributed by atoms with E-state index in [-0.39, 0.29) is 17.7 Å². The van der Waals surface area contributed by atoms with Crippen LogP contribution in [0, 0.1) is 13.8 Å². The van der Waals surface area contributed by atoms with E-state index in [1.165, 1.54) is 0 Å². The highest BCUT2D eigenvalue weighted by atomic mass is 16.4. The number of fused-ring (bicyclic) bond motifs is 2. The molecule has 0 unspecified atom stereocenters. The van der Waals surface area contributed by atoms with Crippen LogP contribution in [0.5, 0.6) is 0 Å². The summed E-state index contributed by atoms with van der Waals surface area (Å²) in [6.07, 6.45) is 4.19. The Morgan fingerprint density at radius 1 is 1.18 bits per heavy atom. The van der Waals surface area contributed by atoms with E-state index in [0.29, 0.717) is 18.7 Å². The van der Waals surface area contributed by atoms with Crippen molar-refractivity contribution in [3.63, 3.8) is 0 Å². The number of carbonyl (C=O) groups excluding carboxylic acids is 1. The summed E-state index contributed by atoms with van der Waals surface area (Å²) < 4.78 is 7.56. The van der Waals surface area contributed by atoms with Crippen LogP contribution in [0.1, 0.15) is 45.1 Å². The van der Waals surface area contributed by atoms with Crippen molar-refractivity contribution in [2.45, 2.75) is 26.3 Å². The van der Waals surface area contributed by atoms with Crippen LogP contribution in [0.4, 0.5) is 0 Å². The number of amides is 1. The Hall–Kier alpha value is -4.34. The molecule has 1 amide bonds. The monoisotopic (exact) mass is 440 g/mol. The lowest BCUT2D eigenvalue weighted by atomic mass is 9.99. The number of carbonyl (C=O) groups is 1. The lowest BCUT2D eigenvalue weighted by Gasteiger charge is -2.32. The molecule has 0 fully saturated rings. The molecule has 0 saturated heterocycles. The molecule has 6 rings (SSSR count). The van der Waals surface area contributed by atoms with Gasteiger partial charge in [-0.1, -0.05) is 12.1 Å². The predicted molar refractivity (Wildman–Crippen MR) is 117 cm³/mol. The minimum absolute atomic E-state index is 0.0859. The van der Waals surface area contributed by atoms with Gasteiger partial charge in [-0.2, -0.15) is 5.10 Å². The first-order valence-corrected chi connectivity index (χ1v) is 10.6. The molecule has 6 heterocycles. The zero-order valence-electron chi connectivity index (χ0n) is 18.1. The number of pyridine rings is 2. The van der Waals surface area contributed by atoms with Crippen LogP contribution in [-0.4, -0.2) is 52.1 Å². The third-order valence-electron chi connectivity index (χ3n) is 5.91. The lowest BCUT2D eigenvalue weighted by molar-refractivity contribution is 0.0646. The van der Waals surface area contributed by atoms with Crippen LogP contribution in [0.2, 0.25) is 0 Å². The standard InChI is InChI=1S/C23H20N8O2/c1-13-5-4-9-31-18(13)11-17(29-31)20-19-15(24-12-25-19)8-10-30(20)23(32)22-28-27-21(33-22)16-7-3-6-14(2)26-16/h3-7,9,11-12,20H,8,10H2,1-2H3,(H,24,25)/t20-/m0/s1. The molecule has 33 heavy (non-hydrogen) atoms. The number of aromatic nitrogens is 7. The Balaban J connectivity index is 1.40. The molecule has 0 bridgehead atoms. The molecule has 5 aromatic heterocycles. The molecule has 1 aliphatic rings. The second-order valence-corrected chi connectivity index (χ2v) is 8.08. The highest BCUT2D eigenvalue weighted by Gasteiger charge is 2.38. The summed E-state index contributed by atoms with van der Waals surface area (Å²) in [4.78, 5) is 27.3. The first kappa shape index (κ1) is 19.4. The molecule has 10 heteroatoms. The zero-order valence-corrected chi connectivity index (χ0v) is 18.1. The molecule has 5 aromatic rings. The third-order valence-corrected chi connectivity index (χ3v) is 5.91. The fraction of sp³-hybridized carbons (Fsp3) is 0.217. The lowest BCUT2D eigenvalue weighted by Crippen LogP contribution is -2.41. The number of nitrogens with one attached hydrogen (secondary N) is 1. The predicted octanol–water partition coefficient (Wildman–Crippen LogP) is 2.91. The maximum absolute atomic E-state index is 13.5. The van der Waals surface area contributed by atoms with Crippen LogP contribution in [0.15, 0.2) is 53.3 Å². The number of hydrogen-bond donors (Lipinski definition) is 1. The molecule has 10 nitrogen and oxygen atoms in total. The molecule has 164 valence electrons. The van der Waals surface area contributed by atoms with Gasteiger partial charge in [0, 0.05) is 30.6 Å². The van der Waals surface area contributed by atoms with Gasteiger partial charge in [0.15, 0.2) is 0 Å². The highest BCUT2D eigenvalue weighted by molar-refractivity contribution is 5.90. The smallest absolute Gasteiger partial charge is 0.312 e. The fourth-order valence-electron chi connectivity index (χ4n) is 4.30. The summed E-state index contributed by atoms with van der Waals surface area (Å²) in [5.41, 5.74) is 5.92. The molecule has 0 saturated carbocycles. The summed E-state index contributed by atoms with van der Waals surface area (Å²) in [6.45, 7) is 4.37. The van der Waals surface area contributed by atoms with Gasteiger partial charge in [-0.15, -0.1) is 10.2 Å². The minimum atomic E-state index is -0.473. The van der Waals surface area contributed by atoms with E-state index in [1.807, 2.05) is 54.9 Å². The third kappa shape index (κ3) is 3.18. The average Bonchev–Trinajstić information content (AvgIpc) is 3.57. The number of imidazole rings is 1. The Labute approximate surface area is 188 Å². The SMILES string of the molecule is Cc1cccc(-c2nnc(C(=O)N3CCc4[nH]cnc4[C@@H]3c3cc4c(C)cccn4n3)o2)n1. The van der Waals surface area contributed by atoms with Gasteiger partial charge in [0.2, 0.25) is 0 Å². The van der Waals surface area contributed by atoms with Gasteiger partial charge < -0.3 is 14.3 Å². The quantitative estimate of drug-likeness (QED) is 0.458. The molecule has 1 atom stereocenters. The van der Waals surface area contributed by atoms with Crippen LogP contribution in [0.25, 0.3) is 17.1 Å². The first-order valence-electron chi connectivity index (χ1n) is 10.6. The highest BCUT2D eigenvalue weighted by Crippen LogP contribution is 2.34. The number of nitrogens with zero attached hydrogens (tertiary/aromatic N) is 7. The van der Waals surface area contributed by atoms with E-state index in [1.54, 1.807) is 17.3 Å². The number of aromatic amines is 1. The average molecular weight is 440 g/mol. The van der Waals surface area contributed by atoms with Crippen LogP contribution >= 0.6 is 0 Å². The maximum Gasteiger partial charge on any atom is 0.312 e. The topological polar surface area (TPSA) is 118 Å². The normalized spacial score (nSPS) is 15.7. The van der Waals surface area contributed by atoms with Crippen molar-refractivity contribution in [1.82, 2.24) is 39.7 Å². The van der Waals surface area contributed by atoms with Crippen LogP contribution < -0.4 is 0 Å². The van der Waals surface area contributed by atoms with Gasteiger partial charge in [0.1, 0.15) is 11.7 Å². The van der Waals surface area contributed by atoms with E-state index < -0.39 is 6.04 Å². The summed E-state index contributed by atoms with van der Waals surface area (Å²) in [5, 5.41) is 12.8. The van der Waals surface area contributed by atoms with Crippen molar-refractivity contribution in [3.05, 3.63) is 83.2 Å². The summed E-state index contributed by atoms with van der Waals surface area (Å²) >= 11 is 0. The molecule has 1 aliphatic heterocycles. The summed E-state index contributed by atoms with van der Waals surface area (Å²) in [7, 11) is 0. The van der Waals surface area contributed by atoms with Gasteiger partial charge in [0.25, 0.3) is 5.89 Å². The zero-order chi connectivity index (χ0) is 22.5. The molecule has 0 aliphatic carbocycles. The fourth-order valence-corrected chi connectivity index (χ4v) is 4.30. The number of hydrogen-bond acceptors (Lipinski definition) is 7. The number of rotatable bonds is 3. The molecular weight excluding hydrogens is 420 g/mol. The second-order valence-electron chi connectivity index (χ2n) is 8.08.